The quantitative estimate of drug-likeness (QED) is 0.893. The molecule has 0 saturated carbocycles. The molecule has 0 bridgehead atoms. The van der Waals surface area contributed by atoms with Crippen LogP contribution < -0.4 is 10.1 Å². The smallest absolute Gasteiger partial charge is 0.118 e. The zero-order valence-corrected chi connectivity index (χ0v) is 11.5. The summed E-state index contributed by atoms with van der Waals surface area (Å²) in [7, 11) is 1.69. The highest BCUT2D eigenvalue weighted by Gasteiger charge is 2.25. The number of benzene rings is 1. The first-order valence-corrected chi connectivity index (χ1v) is 6.76. The molecule has 1 saturated heterocycles. The molecule has 18 heavy (non-hydrogen) atoms. The molecule has 3 unspecified atom stereocenters. The van der Waals surface area contributed by atoms with Crippen molar-refractivity contribution in [1.29, 1.82) is 0 Å². The van der Waals surface area contributed by atoms with Gasteiger partial charge >= 0.3 is 0 Å². The van der Waals surface area contributed by atoms with Crippen molar-refractivity contribution in [2.24, 2.45) is 0 Å². The second-order valence-corrected chi connectivity index (χ2v) is 4.91. The van der Waals surface area contributed by atoms with E-state index < -0.39 is 0 Å². The van der Waals surface area contributed by atoms with E-state index in [0.717, 1.165) is 25.2 Å². The number of hydrogen-bond acceptors (Lipinski definition) is 3. The van der Waals surface area contributed by atoms with Crippen LogP contribution in [0, 0.1) is 0 Å². The van der Waals surface area contributed by atoms with Gasteiger partial charge in [-0.25, -0.2) is 0 Å². The average Bonchev–Trinajstić information content (AvgIpc) is 2.60. The van der Waals surface area contributed by atoms with Gasteiger partial charge in [0.15, 0.2) is 0 Å². The maximum atomic E-state index is 6.00. The highest BCUT2D eigenvalue weighted by Crippen LogP contribution is 2.26. The first-order chi connectivity index (χ1) is 8.74. The zero-order valence-electron chi connectivity index (χ0n) is 11.5. The Bertz CT molecular complexity index is 363. The van der Waals surface area contributed by atoms with E-state index in [1.807, 2.05) is 12.1 Å². The lowest BCUT2D eigenvalue weighted by molar-refractivity contribution is 0.0461. The minimum atomic E-state index is 0.132. The van der Waals surface area contributed by atoms with Gasteiger partial charge in [-0.3, -0.25) is 0 Å². The Kier molecular flexibility index (Phi) is 4.61. The van der Waals surface area contributed by atoms with Crippen molar-refractivity contribution >= 4 is 0 Å². The Morgan fingerprint density at radius 3 is 2.67 bits per heavy atom. The minimum Gasteiger partial charge on any atom is -0.497 e. The fourth-order valence-electron chi connectivity index (χ4n) is 2.52. The van der Waals surface area contributed by atoms with Crippen molar-refractivity contribution < 1.29 is 9.47 Å². The molecule has 1 aromatic carbocycles. The molecule has 1 fully saturated rings. The van der Waals surface area contributed by atoms with E-state index in [-0.39, 0.29) is 6.10 Å². The molecule has 1 N–H and O–H groups in total. The van der Waals surface area contributed by atoms with Crippen molar-refractivity contribution in [3.63, 3.8) is 0 Å². The fourth-order valence-corrected chi connectivity index (χ4v) is 2.52. The van der Waals surface area contributed by atoms with Crippen LogP contribution in [-0.4, -0.2) is 25.8 Å². The number of rotatable bonds is 3. The second kappa shape index (κ2) is 6.21. The predicted octanol–water partition coefficient (Wildman–Crippen LogP) is 2.91. The largest absolute Gasteiger partial charge is 0.497 e. The van der Waals surface area contributed by atoms with Gasteiger partial charge in [0, 0.05) is 18.7 Å². The Morgan fingerprint density at radius 1 is 1.33 bits per heavy atom. The molecule has 1 aliphatic rings. The molecule has 1 aromatic rings. The van der Waals surface area contributed by atoms with E-state index in [4.69, 9.17) is 9.47 Å². The molecule has 1 heterocycles. The summed E-state index contributed by atoms with van der Waals surface area (Å²) in [5.74, 6) is 0.888. The van der Waals surface area contributed by atoms with E-state index in [9.17, 15) is 0 Å². The van der Waals surface area contributed by atoms with Crippen molar-refractivity contribution in [2.75, 3.05) is 13.7 Å². The Hall–Kier alpha value is -1.06. The summed E-state index contributed by atoms with van der Waals surface area (Å²) in [5, 5.41) is 3.65. The Balaban J connectivity index is 2.10. The number of methoxy groups -OCH3 is 1. The zero-order chi connectivity index (χ0) is 13.0. The first kappa shape index (κ1) is 13.4. The second-order valence-electron chi connectivity index (χ2n) is 4.91. The van der Waals surface area contributed by atoms with E-state index in [1.165, 1.54) is 5.56 Å². The molecule has 3 heteroatoms. The number of nitrogens with one attached hydrogen (secondary N) is 1. The third-order valence-corrected chi connectivity index (χ3v) is 3.65. The van der Waals surface area contributed by atoms with Crippen molar-refractivity contribution in [3.05, 3.63) is 29.8 Å². The topological polar surface area (TPSA) is 30.5 Å². The van der Waals surface area contributed by atoms with Gasteiger partial charge in [-0.1, -0.05) is 19.1 Å². The number of ether oxygens (including phenoxy) is 2. The first-order valence-electron chi connectivity index (χ1n) is 6.76. The summed E-state index contributed by atoms with van der Waals surface area (Å²) in [4.78, 5) is 0. The average molecular weight is 249 g/mol. The summed E-state index contributed by atoms with van der Waals surface area (Å²) < 4.78 is 11.2. The molecule has 3 atom stereocenters. The molecule has 0 amide bonds. The Morgan fingerprint density at radius 2 is 2.06 bits per heavy atom. The van der Waals surface area contributed by atoms with Gasteiger partial charge in [-0.05, 0) is 37.5 Å². The number of hydrogen-bond donors (Lipinski definition) is 1. The van der Waals surface area contributed by atoms with E-state index in [2.05, 4.69) is 31.3 Å². The van der Waals surface area contributed by atoms with Gasteiger partial charge in [0.2, 0.25) is 0 Å². The van der Waals surface area contributed by atoms with Gasteiger partial charge in [0.1, 0.15) is 5.75 Å². The van der Waals surface area contributed by atoms with Gasteiger partial charge in [0.25, 0.3) is 0 Å². The maximum Gasteiger partial charge on any atom is 0.118 e. The summed E-state index contributed by atoms with van der Waals surface area (Å²) in [5.41, 5.74) is 1.22. The van der Waals surface area contributed by atoms with Gasteiger partial charge < -0.3 is 14.8 Å². The van der Waals surface area contributed by atoms with Crippen LogP contribution in [0.15, 0.2) is 24.3 Å². The van der Waals surface area contributed by atoms with Crippen LogP contribution >= 0.6 is 0 Å². The highest BCUT2D eigenvalue weighted by atomic mass is 16.5. The highest BCUT2D eigenvalue weighted by molar-refractivity contribution is 5.29. The summed E-state index contributed by atoms with van der Waals surface area (Å²) in [6.45, 7) is 5.24. The standard InChI is InChI=1S/C15H23NO2/c1-4-13-9-10-18-15(11(2)16-13)12-5-7-14(17-3)8-6-12/h5-8,11,13,15-16H,4,9-10H2,1-3H3. The van der Waals surface area contributed by atoms with Crippen LogP contribution in [0.5, 0.6) is 5.75 Å². The maximum absolute atomic E-state index is 6.00. The lowest BCUT2D eigenvalue weighted by Crippen LogP contribution is -2.37. The van der Waals surface area contributed by atoms with Crippen molar-refractivity contribution in [1.82, 2.24) is 5.32 Å². The molecule has 2 rings (SSSR count). The SMILES string of the molecule is CCC1CCOC(c2ccc(OC)cc2)C(C)N1. The van der Waals surface area contributed by atoms with Crippen molar-refractivity contribution in [2.45, 2.75) is 44.9 Å². The molecule has 100 valence electrons. The molecule has 0 aliphatic carbocycles. The predicted molar refractivity (Wildman–Crippen MR) is 73.0 cm³/mol. The molecule has 0 spiro atoms. The third kappa shape index (κ3) is 3.03. The van der Waals surface area contributed by atoms with Crippen LogP contribution in [0.4, 0.5) is 0 Å². The van der Waals surface area contributed by atoms with Crippen LogP contribution in [0.2, 0.25) is 0 Å². The molecule has 0 radical (unpaired) electrons. The van der Waals surface area contributed by atoms with Crippen LogP contribution in [0.25, 0.3) is 0 Å². The van der Waals surface area contributed by atoms with Crippen LogP contribution in [0.3, 0.4) is 0 Å². The molecule has 1 aliphatic heterocycles. The van der Waals surface area contributed by atoms with E-state index in [0.29, 0.717) is 12.1 Å². The van der Waals surface area contributed by atoms with Crippen molar-refractivity contribution in [3.8, 4) is 5.75 Å². The fraction of sp³-hybridized carbons (Fsp3) is 0.600. The van der Waals surface area contributed by atoms with Gasteiger partial charge in [-0.2, -0.15) is 0 Å². The molecule has 3 nitrogen and oxygen atoms in total. The minimum absolute atomic E-state index is 0.132. The normalized spacial score (nSPS) is 28.7. The van der Waals surface area contributed by atoms with E-state index in [1.54, 1.807) is 7.11 Å². The van der Waals surface area contributed by atoms with Crippen LogP contribution in [-0.2, 0) is 4.74 Å². The third-order valence-electron chi connectivity index (χ3n) is 3.65. The van der Waals surface area contributed by atoms with Gasteiger partial charge in [0.05, 0.1) is 13.2 Å². The molecule has 0 aromatic heterocycles. The van der Waals surface area contributed by atoms with Crippen LogP contribution in [0.1, 0.15) is 38.4 Å². The summed E-state index contributed by atoms with van der Waals surface area (Å²) in [6.07, 6.45) is 2.38. The monoisotopic (exact) mass is 249 g/mol. The van der Waals surface area contributed by atoms with Gasteiger partial charge in [-0.15, -0.1) is 0 Å². The lowest BCUT2D eigenvalue weighted by atomic mass is 10.0. The lowest BCUT2D eigenvalue weighted by Gasteiger charge is -2.24. The van der Waals surface area contributed by atoms with E-state index >= 15 is 0 Å². The summed E-state index contributed by atoms with van der Waals surface area (Å²) in [6, 6.07) is 9.08. The molecular weight excluding hydrogens is 226 g/mol. The molecular formula is C15H23NO2. The summed E-state index contributed by atoms with van der Waals surface area (Å²) >= 11 is 0. The Labute approximate surface area is 109 Å².